The Bertz CT molecular complexity index is 714. The van der Waals surface area contributed by atoms with Crippen molar-refractivity contribution in [3.63, 3.8) is 0 Å². The number of amides is 1. The minimum atomic E-state index is -0.232. The Balaban J connectivity index is 1.70. The molecule has 0 spiro atoms. The van der Waals surface area contributed by atoms with Gasteiger partial charge in [0.15, 0.2) is 0 Å². The SMILES string of the molecule is COCC(=O)N1CCC(c2nn(-c3ccccc3)c(=O)[nH]2)CC1. The first kappa shape index (κ1) is 15.5. The zero-order valence-electron chi connectivity index (χ0n) is 13.1. The molecule has 0 unspecified atom stereocenters. The number of aromatic amines is 1. The van der Waals surface area contributed by atoms with Gasteiger partial charge in [0.05, 0.1) is 5.69 Å². The van der Waals surface area contributed by atoms with Crippen LogP contribution >= 0.6 is 0 Å². The molecule has 1 saturated heterocycles. The molecule has 3 rings (SSSR count). The van der Waals surface area contributed by atoms with Crippen molar-refractivity contribution in [3.05, 3.63) is 46.6 Å². The van der Waals surface area contributed by atoms with Gasteiger partial charge in [-0.1, -0.05) is 18.2 Å². The fourth-order valence-electron chi connectivity index (χ4n) is 2.89. The van der Waals surface area contributed by atoms with Crippen LogP contribution in [0.1, 0.15) is 24.6 Å². The summed E-state index contributed by atoms with van der Waals surface area (Å²) in [5.74, 6) is 0.867. The second-order valence-electron chi connectivity index (χ2n) is 5.65. The number of hydrogen-bond acceptors (Lipinski definition) is 4. The Morgan fingerprint density at radius 2 is 2.00 bits per heavy atom. The summed E-state index contributed by atoms with van der Waals surface area (Å²) < 4.78 is 6.27. The summed E-state index contributed by atoms with van der Waals surface area (Å²) in [6.07, 6.45) is 1.58. The molecule has 23 heavy (non-hydrogen) atoms. The van der Waals surface area contributed by atoms with Crippen LogP contribution in [0.5, 0.6) is 0 Å². The topological polar surface area (TPSA) is 80.2 Å². The quantitative estimate of drug-likeness (QED) is 0.909. The number of methoxy groups -OCH3 is 1. The number of H-pyrrole nitrogens is 1. The van der Waals surface area contributed by atoms with Crippen molar-refractivity contribution in [1.29, 1.82) is 0 Å². The van der Waals surface area contributed by atoms with Gasteiger partial charge in [0.25, 0.3) is 0 Å². The van der Waals surface area contributed by atoms with E-state index >= 15 is 0 Å². The van der Waals surface area contributed by atoms with Crippen LogP contribution in [-0.4, -0.2) is 52.4 Å². The molecule has 0 aliphatic carbocycles. The summed E-state index contributed by atoms with van der Waals surface area (Å²) in [4.78, 5) is 28.6. The fraction of sp³-hybridized carbons (Fsp3) is 0.438. The Morgan fingerprint density at radius 3 is 2.65 bits per heavy atom. The van der Waals surface area contributed by atoms with Crippen LogP contribution in [0.3, 0.4) is 0 Å². The lowest BCUT2D eigenvalue weighted by Crippen LogP contribution is -2.40. The molecule has 7 heteroatoms. The number of aromatic nitrogens is 3. The first-order chi connectivity index (χ1) is 11.2. The number of carbonyl (C=O) groups is 1. The van der Waals surface area contributed by atoms with Gasteiger partial charge in [-0.3, -0.25) is 9.78 Å². The van der Waals surface area contributed by atoms with E-state index in [2.05, 4.69) is 10.1 Å². The molecule has 0 atom stereocenters. The van der Waals surface area contributed by atoms with Crippen molar-refractivity contribution in [2.24, 2.45) is 0 Å². The fourth-order valence-corrected chi connectivity index (χ4v) is 2.89. The monoisotopic (exact) mass is 316 g/mol. The number of rotatable bonds is 4. The first-order valence-electron chi connectivity index (χ1n) is 7.70. The van der Waals surface area contributed by atoms with Gasteiger partial charge in [-0.05, 0) is 25.0 Å². The average Bonchev–Trinajstić information content (AvgIpc) is 2.98. The van der Waals surface area contributed by atoms with E-state index in [4.69, 9.17) is 4.74 Å². The zero-order valence-corrected chi connectivity index (χ0v) is 13.1. The van der Waals surface area contributed by atoms with Crippen molar-refractivity contribution >= 4 is 5.91 Å². The lowest BCUT2D eigenvalue weighted by atomic mass is 9.96. The van der Waals surface area contributed by atoms with Crippen molar-refractivity contribution < 1.29 is 9.53 Å². The van der Waals surface area contributed by atoms with Crippen LogP contribution in [0.25, 0.3) is 5.69 Å². The lowest BCUT2D eigenvalue weighted by molar-refractivity contribution is -0.136. The van der Waals surface area contributed by atoms with Crippen LogP contribution in [0.4, 0.5) is 0 Å². The van der Waals surface area contributed by atoms with E-state index in [1.807, 2.05) is 30.3 Å². The highest BCUT2D eigenvalue weighted by Crippen LogP contribution is 2.25. The number of carbonyl (C=O) groups excluding carboxylic acids is 1. The maximum absolute atomic E-state index is 12.1. The van der Waals surface area contributed by atoms with E-state index < -0.39 is 0 Å². The van der Waals surface area contributed by atoms with Crippen molar-refractivity contribution in [1.82, 2.24) is 19.7 Å². The maximum atomic E-state index is 12.1. The number of hydrogen-bond donors (Lipinski definition) is 1. The summed E-state index contributed by atoms with van der Waals surface area (Å²) >= 11 is 0. The number of para-hydroxylation sites is 1. The summed E-state index contributed by atoms with van der Waals surface area (Å²) in [6, 6.07) is 9.33. The minimum absolute atomic E-state index is 0.00857. The predicted molar refractivity (Wildman–Crippen MR) is 84.6 cm³/mol. The van der Waals surface area contributed by atoms with E-state index in [9.17, 15) is 9.59 Å². The van der Waals surface area contributed by atoms with Gasteiger partial charge >= 0.3 is 5.69 Å². The molecule has 0 bridgehead atoms. The molecular weight excluding hydrogens is 296 g/mol. The molecule has 1 aromatic heterocycles. The van der Waals surface area contributed by atoms with Gasteiger partial charge in [-0.25, -0.2) is 4.79 Å². The lowest BCUT2D eigenvalue weighted by Gasteiger charge is -2.30. The Labute approximate surface area is 133 Å². The van der Waals surface area contributed by atoms with Crippen LogP contribution in [-0.2, 0) is 9.53 Å². The van der Waals surface area contributed by atoms with Gasteiger partial charge in [-0.2, -0.15) is 4.68 Å². The molecule has 0 radical (unpaired) electrons. The standard InChI is InChI=1S/C16H20N4O3/c1-23-11-14(21)19-9-7-12(8-10-19)15-17-16(22)20(18-15)13-5-3-2-4-6-13/h2-6,12H,7-11H2,1H3,(H,17,18,22). The first-order valence-corrected chi connectivity index (χ1v) is 7.70. The Kier molecular flexibility index (Phi) is 4.57. The number of piperidine rings is 1. The Hall–Kier alpha value is -2.41. The second kappa shape index (κ2) is 6.78. The third-order valence-electron chi connectivity index (χ3n) is 4.14. The number of nitrogens with one attached hydrogen (secondary N) is 1. The van der Waals surface area contributed by atoms with E-state index in [0.717, 1.165) is 18.5 Å². The van der Waals surface area contributed by atoms with Gasteiger partial charge in [-0.15, -0.1) is 5.10 Å². The molecule has 1 aromatic carbocycles. The van der Waals surface area contributed by atoms with Crippen LogP contribution < -0.4 is 5.69 Å². The predicted octanol–water partition coefficient (Wildman–Crippen LogP) is 0.913. The van der Waals surface area contributed by atoms with E-state index in [0.29, 0.717) is 18.9 Å². The van der Waals surface area contributed by atoms with Gasteiger partial charge in [0.1, 0.15) is 12.4 Å². The highest BCUT2D eigenvalue weighted by atomic mass is 16.5. The largest absolute Gasteiger partial charge is 0.375 e. The van der Waals surface area contributed by atoms with Crippen molar-refractivity contribution in [2.75, 3.05) is 26.8 Å². The molecular formula is C16H20N4O3. The Morgan fingerprint density at radius 1 is 1.30 bits per heavy atom. The normalized spacial score (nSPS) is 15.8. The zero-order chi connectivity index (χ0) is 16.2. The highest BCUT2D eigenvalue weighted by molar-refractivity contribution is 5.77. The van der Waals surface area contributed by atoms with Gasteiger partial charge in [0.2, 0.25) is 5.91 Å². The van der Waals surface area contributed by atoms with Crippen molar-refractivity contribution in [3.8, 4) is 5.69 Å². The maximum Gasteiger partial charge on any atom is 0.348 e. The molecule has 1 N–H and O–H groups in total. The number of nitrogens with zero attached hydrogens (tertiary/aromatic N) is 3. The third-order valence-corrected chi connectivity index (χ3v) is 4.14. The van der Waals surface area contributed by atoms with Crippen LogP contribution in [0, 0.1) is 0 Å². The second-order valence-corrected chi connectivity index (χ2v) is 5.65. The average molecular weight is 316 g/mol. The third kappa shape index (κ3) is 3.34. The molecule has 122 valence electrons. The summed E-state index contributed by atoms with van der Waals surface area (Å²) in [7, 11) is 1.52. The number of ether oxygens (including phenoxy) is 1. The molecule has 1 aliphatic heterocycles. The minimum Gasteiger partial charge on any atom is -0.375 e. The number of likely N-dealkylation sites (tertiary alicyclic amines) is 1. The molecule has 1 fully saturated rings. The number of benzene rings is 1. The molecule has 1 amide bonds. The smallest absolute Gasteiger partial charge is 0.348 e. The summed E-state index contributed by atoms with van der Waals surface area (Å²) in [5.41, 5.74) is 0.511. The summed E-state index contributed by atoms with van der Waals surface area (Å²) in [6.45, 7) is 1.43. The molecule has 1 aliphatic rings. The van der Waals surface area contributed by atoms with E-state index in [1.165, 1.54) is 11.8 Å². The molecule has 2 aromatic rings. The molecule has 0 saturated carbocycles. The van der Waals surface area contributed by atoms with Gasteiger partial charge < -0.3 is 9.64 Å². The molecule has 2 heterocycles. The highest BCUT2D eigenvalue weighted by Gasteiger charge is 2.26. The van der Waals surface area contributed by atoms with Crippen LogP contribution in [0.2, 0.25) is 0 Å². The molecule has 7 nitrogen and oxygen atoms in total. The van der Waals surface area contributed by atoms with E-state index in [-0.39, 0.29) is 24.1 Å². The van der Waals surface area contributed by atoms with Crippen LogP contribution in [0.15, 0.2) is 35.1 Å². The van der Waals surface area contributed by atoms with E-state index in [1.54, 1.807) is 4.90 Å². The summed E-state index contributed by atoms with van der Waals surface area (Å²) in [5, 5.41) is 4.43. The van der Waals surface area contributed by atoms with Gasteiger partial charge in [0, 0.05) is 26.1 Å². The van der Waals surface area contributed by atoms with Crippen molar-refractivity contribution in [2.45, 2.75) is 18.8 Å².